The predicted molar refractivity (Wildman–Crippen MR) is 483 cm³/mol. The van der Waals surface area contributed by atoms with E-state index in [4.69, 9.17) is 38.2 Å². The standard InChI is InChI=1S/C86H114N15O23P3S2/c1-6-18-51-41-66-55(39-49(51)3)76(56-40-50(4)58(88-7-2)42-67(56)121-66)53-20-8-9-21-54(53)83(114)96(5)32-17-27-70(104)98-34-16-26-64(98)85(116)100-36-14-23-61(100)80(111)90-30-11-10-22-57(84(115)99-35-15-25-63(99)82(113)94-59(43-73(106)107)79(110)95-60(86(117)118)44-74(108)109)93-81(112)62-24-13-33-97(62)71(105)29-38-129-128-37-28-69(103)89-31-12-19-52-46-101(78-75(52)77(87)91-48-92-78)72-45-65(102)68(122-72)47-120-126-124-127-123-125-119/h8-9,20-21,39-42,46,48,56-57,59-65,68,72,76,102,119,125-127H,6-7,10-11,13-18,22-38,43-45,47H2,1-5H3,(H,89,103)(H,90,111)(H,93,112)(H,94,113)(H,95,110)(H,106,107)(H,108,109)(H,117,118)(H2,87,91,92)/b88-58+/t56?,57?,59?,60?,61?,62?,63?,64?,65?,68-,72-,76?/m1/s1. The molecule has 2 aromatic heterocycles. The number of nitrogens with zero attached hydrogens (tertiary/aromatic N) is 9. The molecule has 0 saturated carbocycles. The number of fused-ring (bicyclic) bond motifs is 3. The van der Waals surface area contributed by atoms with E-state index in [2.05, 4.69) is 75.1 Å². The lowest BCUT2D eigenvalue weighted by Gasteiger charge is -2.38. The van der Waals surface area contributed by atoms with Crippen LogP contribution in [0.4, 0.5) is 5.82 Å². The molecule has 13 unspecified atom stereocenters. The fraction of sp³-hybridized carbons (Fsp3) is 0.558. The lowest BCUT2D eigenvalue weighted by Crippen LogP contribution is -2.58. The highest BCUT2D eigenvalue weighted by Crippen LogP contribution is 2.50. The van der Waals surface area contributed by atoms with Crippen molar-refractivity contribution >= 4 is 148 Å². The molecule has 6 aliphatic heterocycles. The van der Waals surface area contributed by atoms with E-state index in [1.165, 1.54) is 48.2 Å². The van der Waals surface area contributed by atoms with Crippen LogP contribution in [0.1, 0.15) is 193 Å². The van der Waals surface area contributed by atoms with Gasteiger partial charge in [-0.25, -0.2) is 14.8 Å². The second-order valence-corrected chi connectivity index (χ2v) is 37.7. The predicted octanol–water partition coefficient (Wildman–Crippen LogP) is 5.86. The monoisotopic (exact) mass is 1880 g/mol. The van der Waals surface area contributed by atoms with Crippen molar-refractivity contribution in [2.75, 3.05) is 83.3 Å². The number of aryl methyl sites for hydroxylation is 2. The van der Waals surface area contributed by atoms with E-state index in [0.29, 0.717) is 85.3 Å². The molecule has 12 N–H and O–H groups in total. The molecule has 1 aliphatic carbocycles. The number of rotatable bonds is 44. The SMILES string of the molecule is CCCc1cc2c(cc1C)C(c1ccccc1C(=O)N(C)CCCC(=O)N1CCCC1C(=O)N1CCCC1C(=O)NCCCCC(NC(=O)C1CCCN1C(=O)CCSSCCC(=O)NCC#Cc1cn([C@H]3CC(O)[C@@H](COPOPOPO)O3)c3ncnc(N)c13)C(=O)N1CCCC1C(=O)NC(CC(=O)O)C(=O)NC(CC(=O)O)C(=O)O)C1C=C(C)/C(=N/CC)C=C1O2. The number of aliphatic hydroxyl groups is 1. The normalized spacial score (nSPS) is 21.7. The van der Waals surface area contributed by atoms with Crippen LogP contribution in [0.2, 0.25) is 0 Å². The molecule has 4 aromatic rings. The van der Waals surface area contributed by atoms with Crippen LogP contribution in [0.3, 0.4) is 0 Å². The highest BCUT2D eigenvalue weighted by Gasteiger charge is 2.46. The third-order valence-corrected chi connectivity index (χ3v) is 27.9. The first-order valence-electron chi connectivity index (χ1n) is 43.5. The molecule has 10 amide bonds. The maximum atomic E-state index is 15.0. The molecule has 15 atom stereocenters. The van der Waals surface area contributed by atoms with Crippen LogP contribution in [-0.4, -0.2) is 279 Å². The van der Waals surface area contributed by atoms with Gasteiger partial charge in [-0.1, -0.05) is 77.1 Å². The van der Waals surface area contributed by atoms with Crippen molar-refractivity contribution < 1.29 is 110 Å². The van der Waals surface area contributed by atoms with Crippen LogP contribution in [0.25, 0.3) is 11.0 Å². The Kier molecular flexibility index (Phi) is 37.4. The molecule has 7 aliphatic rings. The zero-order chi connectivity index (χ0) is 92.5. The highest BCUT2D eigenvalue weighted by molar-refractivity contribution is 8.76. The van der Waals surface area contributed by atoms with Gasteiger partial charge in [0.05, 0.1) is 48.8 Å². The van der Waals surface area contributed by atoms with Crippen molar-refractivity contribution in [1.82, 2.24) is 65.6 Å². The maximum Gasteiger partial charge on any atom is 0.326 e. The van der Waals surface area contributed by atoms with E-state index < -0.39 is 148 Å². The van der Waals surface area contributed by atoms with Crippen LogP contribution in [0.5, 0.6) is 5.75 Å². The molecule has 8 heterocycles. The van der Waals surface area contributed by atoms with E-state index in [1.807, 2.05) is 49.5 Å². The molecule has 11 rings (SSSR count). The van der Waals surface area contributed by atoms with Gasteiger partial charge in [0.2, 0.25) is 53.2 Å². The van der Waals surface area contributed by atoms with Gasteiger partial charge in [-0.05, 0) is 139 Å². The number of nitrogen functional groups attached to an aromatic ring is 1. The Morgan fingerprint density at radius 1 is 0.744 bits per heavy atom. The van der Waals surface area contributed by atoms with E-state index >= 15 is 0 Å². The number of ether oxygens (including phenoxy) is 2. The largest absolute Gasteiger partial charge is 0.481 e. The number of carboxylic acids is 3. The summed E-state index contributed by atoms with van der Waals surface area (Å²) < 4.78 is 29.9. The van der Waals surface area contributed by atoms with Gasteiger partial charge in [0.25, 0.3) is 5.91 Å². The van der Waals surface area contributed by atoms with Gasteiger partial charge >= 0.3 is 17.9 Å². The minimum Gasteiger partial charge on any atom is -0.481 e. The number of carboxylic acid groups (broad SMARTS) is 3. The fourth-order valence-corrected chi connectivity index (χ4v) is 20.8. The zero-order valence-electron chi connectivity index (χ0n) is 72.6. The number of aliphatic hydroxyl groups excluding tert-OH is 1. The molecule has 0 radical (unpaired) electrons. The number of nitrogens with one attached hydrogen (secondary N) is 5. The average molecular weight is 1880 g/mol. The summed E-state index contributed by atoms with van der Waals surface area (Å²) in [6, 6.07) is 2.74. The Hall–Kier alpha value is -9.77. The van der Waals surface area contributed by atoms with Crippen LogP contribution in [0.15, 0.2) is 77.4 Å². The summed E-state index contributed by atoms with van der Waals surface area (Å²) in [5.41, 5.74) is 13.8. The topological polar surface area (TPSA) is 515 Å². The molecule has 43 heteroatoms. The number of carbonyl (C=O) groups is 13. The first-order valence-corrected chi connectivity index (χ1v) is 48.5. The van der Waals surface area contributed by atoms with Gasteiger partial charge in [0.1, 0.15) is 83.9 Å². The number of aliphatic carboxylic acids is 3. The van der Waals surface area contributed by atoms with E-state index in [9.17, 15) is 82.8 Å². The van der Waals surface area contributed by atoms with Gasteiger partial charge in [-0.2, -0.15) is 0 Å². The Bertz CT molecular complexity index is 4960. The number of carbonyl (C=O) groups excluding carboxylic acids is 10. The quantitative estimate of drug-likeness (QED) is 0.0107. The number of aliphatic imine (C=N–C) groups is 1. The number of hydrogen-bond donors (Lipinski definition) is 11. The summed E-state index contributed by atoms with van der Waals surface area (Å²) >= 11 is 0. The fourth-order valence-electron chi connectivity index (χ4n) is 17.5. The van der Waals surface area contributed by atoms with Gasteiger partial charge in [-0.3, -0.25) is 71.1 Å². The van der Waals surface area contributed by atoms with Crippen LogP contribution < -0.4 is 37.1 Å². The minimum atomic E-state index is -1.99. The Labute approximate surface area is 760 Å². The first kappa shape index (κ1) is 99.8. The molecular formula is C86H114N15O23P3S2. The number of aromatic nitrogens is 3. The van der Waals surface area contributed by atoms with Crippen molar-refractivity contribution in [1.29, 1.82) is 0 Å². The highest BCUT2D eigenvalue weighted by atomic mass is 33.1. The summed E-state index contributed by atoms with van der Waals surface area (Å²) in [6.07, 6.45) is 8.59. The number of benzene rings is 2. The van der Waals surface area contributed by atoms with Crippen molar-refractivity contribution in [2.24, 2.45) is 10.9 Å². The number of amides is 10. The Morgan fingerprint density at radius 2 is 1.40 bits per heavy atom. The van der Waals surface area contributed by atoms with Gasteiger partial charge in [0, 0.05) is 125 Å². The number of anilines is 1. The number of allylic oxidation sites excluding steroid dienone is 3. The van der Waals surface area contributed by atoms with E-state index in [1.54, 1.807) is 27.6 Å². The van der Waals surface area contributed by atoms with Gasteiger partial charge < -0.3 is 101 Å². The smallest absolute Gasteiger partial charge is 0.326 e. The summed E-state index contributed by atoms with van der Waals surface area (Å²) in [4.78, 5) is 206. The number of likely N-dealkylation sites (tertiary alicyclic amines) is 4. The van der Waals surface area contributed by atoms with Crippen LogP contribution in [-0.2, 0) is 81.8 Å². The van der Waals surface area contributed by atoms with Crippen LogP contribution in [0, 0.1) is 24.7 Å². The van der Waals surface area contributed by atoms with Crippen molar-refractivity contribution in [3.63, 3.8) is 0 Å². The third kappa shape index (κ3) is 26.1. The maximum absolute atomic E-state index is 15.0. The lowest BCUT2D eigenvalue weighted by molar-refractivity contribution is -0.148. The zero-order valence-corrected chi connectivity index (χ0v) is 77.3. The Morgan fingerprint density at radius 3 is 2.11 bits per heavy atom. The summed E-state index contributed by atoms with van der Waals surface area (Å²) in [6.45, 7) is 10.1. The van der Waals surface area contributed by atoms with E-state index in [-0.39, 0.29) is 157 Å². The van der Waals surface area contributed by atoms with Crippen molar-refractivity contribution in [2.45, 2.75) is 223 Å². The number of hydrogen-bond acceptors (Lipinski definition) is 26. The van der Waals surface area contributed by atoms with Gasteiger partial charge in [0.15, 0.2) is 27.1 Å². The second kappa shape index (κ2) is 48.4. The lowest BCUT2D eigenvalue weighted by atomic mass is 9.72. The van der Waals surface area contributed by atoms with Gasteiger partial charge in [-0.15, -0.1) is 0 Å². The van der Waals surface area contributed by atoms with E-state index in [0.717, 1.165) is 52.3 Å². The molecular weight excluding hydrogens is 1770 g/mol. The Balaban J connectivity index is 0.666. The molecule has 0 spiro atoms. The summed E-state index contributed by atoms with van der Waals surface area (Å²) in [5, 5.41) is 52.7. The molecule has 5 saturated heterocycles. The number of unbranched alkanes of at least 4 members (excludes halogenated alkanes) is 1. The van der Waals surface area contributed by atoms with Crippen molar-refractivity contribution in [3.05, 3.63) is 106 Å². The molecule has 2 aromatic carbocycles. The third-order valence-electron chi connectivity index (χ3n) is 23.8. The van der Waals surface area contributed by atoms with Crippen LogP contribution >= 0.6 is 48.7 Å². The molecule has 5 fully saturated rings. The molecule has 38 nitrogen and oxygen atoms in total. The molecule has 129 heavy (non-hydrogen) atoms. The second-order valence-electron chi connectivity index (χ2n) is 32.6. The summed E-state index contributed by atoms with van der Waals surface area (Å²) in [5.74, 6) is -2.55. The summed E-state index contributed by atoms with van der Waals surface area (Å²) in [7, 11) is 2.94. The van der Waals surface area contributed by atoms with Crippen molar-refractivity contribution in [3.8, 4) is 17.6 Å². The minimum absolute atomic E-state index is 0.0143. The average Bonchev–Trinajstić information content (AvgIpc) is 1.78. The first-order chi connectivity index (χ1) is 62.1. The number of nitrogens with two attached hydrogens (primary N) is 1. The molecule has 0 bridgehead atoms. The molecule has 698 valence electrons.